The molecule has 0 spiro atoms. The molecular weight excluding hydrogens is 242 g/mol. The van der Waals surface area contributed by atoms with Crippen molar-refractivity contribution >= 4 is 24.4 Å². The molecule has 1 aromatic rings. The molecule has 17 heavy (non-hydrogen) atoms. The Morgan fingerprint density at radius 1 is 1.59 bits per heavy atom. The van der Waals surface area contributed by atoms with Crippen molar-refractivity contribution < 1.29 is 14.1 Å². The minimum Gasteiger partial charge on any atom is -0.359 e. The van der Waals surface area contributed by atoms with Gasteiger partial charge in [0.1, 0.15) is 6.04 Å². The van der Waals surface area contributed by atoms with Crippen LogP contribution in [0.4, 0.5) is 0 Å². The van der Waals surface area contributed by atoms with Crippen molar-refractivity contribution in [3.05, 3.63) is 17.5 Å². The Kier molecular flexibility index (Phi) is 5.02. The summed E-state index contributed by atoms with van der Waals surface area (Å²) in [4.78, 5) is 22.5. The summed E-state index contributed by atoms with van der Waals surface area (Å²) in [6, 6.07) is 1.09. The van der Waals surface area contributed by atoms with Crippen molar-refractivity contribution in [1.82, 2.24) is 15.8 Å². The molecule has 0 saturated carbocycles. The van der Waals surface area contributed by atoms with Gasteiger partial charge in [0.25, 0.3) is 0 Å². The topological polar surface area (TPSA) is 84.2 Å². The third kappa shape index (κ3) is 4.48. The van der Waals surface area contributed by atoms with Gasteiger partial charge in [-0.25, -0.2) is 0 Å². The molecule has 0 saturated heterocycles. The second kappa shape index (κ2) is 6.29. The summed E-state index contributed by atoms with van der Waals surface area (Å²) >= 11 is 4.00. The zero-order valence-corrected chi connectivity index (χ0v) is 10.6. The van der Waals surface area contributed by atoms with Crippen LogP contribution in [0, 0.1) is 6.92 Å². The van der Waals surface area contributed by atoms with Gasteiger partial charge in [0.15, 0.2) is 5.76 Å². The number of hydrogen-bond acceptors (Lipinski definition) is 5. The molecule has 0 bridgehead atoms. The van der Waals surface area contributed by atoms with Crippen LogP contribution in [-0.4, -0.2) is 28.8 Å². The van der Waals surface area contributed by atoms with Gasteiger partial charge in [-0.3, -0.25) is 9.59 Å². The summed E-state index contributed by atoms with van der Waals surface area (Å²) in [6.45, 7) is 3.38. The van der Waals surface area contributed by atoms with Crippen molar-refractivity contribution in [2.75, 3.05) is 5.75 Å². The molecule has 94 valence electrons. The Balaban J connectivity index is 2.44. The van der Waals surface area contributed by atoms with Gasteiger partial charge in [0.2, 0.25) is 11.8 Å². The lowest BCUT2D eigenvalue weighted by atomic mass is 10.3. The number of amides is 2. The quantitative estimate of drug-likeness (QED) is 0.650. The summed E-state index contributed by atoms with van der Waals surface area (Å²) in [5.41, 5.74) is 0.752. The van der Waals surface area contributed by atoms with Crippen LogP contribution in [0.3, 0.4) is 0 Å². The van der Waals surface area contributed by atoms with Crippen LogP contribution in [0.1, 0.15) is 18.4 Å². The largest absolute Gasteiger partial charge is 0.359 e. The van der Waals surface area contributed by atoms with Crippen LogP contribution >= 0.6 is 12.6 Å². The highest BCUT2D eigenvalue weighted by Gasteiger charge is 2.17. The van der Waals surface area contributed by atoms with Crippen molar-refractivity contribution in [1.29, 1.82) is 0 Å². The summed E-state index contributed by atoms with van der Waals surface area (Å²) in [6.07, 6.45) is 0. The molecule has 1 unspecified atom stereocenters. The monoisotopic (exact) mass is 257 g/mol. The van der Waals surface area contributed by atoms with Crippen molar-refractivity contribution in [3.63, 3.8) is 0 Å². The molecule has 0 radical (unpaired) electrons. The molecular formula is C10H15N3O3S. The van der Waals surface area contributed by atoms with Gasteiger partial charge in [-0.1, -0.05) is 5.16 Å². The van der Waals surface area contributed by atoms with Crippen LogP contribution < -0.4 is 10.6 Å². The van der Waals surface area contributed by atoms with Gasteiger partial charge in [-0.15, -0.1) is 0 Å². The van der Waals surface area contributed by atoms with E-state index in [0.29, 0.717) is 5.76 Å². The van der Waals surface area contributed by atoms with E-state index in [1.165, 1.54) is 6.92 Å². The fraction of sp³-hybridized carbons (Fsp3) is 0.500. The first-order valence-electron chi connectivity index (χ1n) is 5.10. The summed E-state index contributed by atoms with van der Waals surface area (Å²) < 4.78 is 4.94. The highest BCUT2D eigenvalue weighted by atomic mass is 32.1. The molecule has 0 aliphatic rings. The van der Waals surface area contributed by atoms with E-state index >= 15 is 0 Å². The van der Waals surface area contributed by atoms with E-state index in [9.17, 15) is 9.59 Å². The molecule has 0 aliphatic carbocycles. The molecule has 0 aliphatic heterocycles. The van der Waals surface area contributed by atoms with Crippen molar-refractivity contribution in [2.24, 2.45) is 0 Å². The minimum absolute atomic E-state index is 0.237. The Morgan fingerprint density at radius 3 is 2.76 bits per heavy atom. The standard InChI is InChI=1S/C10H15N3O3S/c1-6-3-8(16-13-6)4-11-10(15)9(5-17)12-7(2)14/h3,9,17H,4-5H2,1-2H3,(H,11,15)(H,12,14). The van der Waals surface area contributed by atoms with Crippen LogP contribution in [-0.2, 0) is 16.1 Å². The fourth-order valence-corrected chi connectivity index (χ4v) is 1.49. The highest BCUT2D eigenvalue weighted by Crippen LogP contribution is 2.01. The van der Waals surface area contributed by atoms with Gasteiger partial charge in [0, 0.05) is 18.7 Å². The Morgan fingerprint density at radius 2 is 2.29 bits per heavy atom. The smallest absolute Gasteiger partial charge is 0.243 e. The van der Waals surface area contributed by atoms with E-state index in [2.05, 4.69) is 28.4 Å². The maximum atomic E-state index is 11.7. The molecule has 1 aromatic heterocycles. The van der Waals surface area contributed by atoms with Crippen LogP contribution in [0.2, 0.25) is 0 Å². The Bertz CT molecular complexity index is 405. The van der Waals surface area contributed by atoms with Gasteiger partial charge in [-0.05, 0) is 6.92 Å². The van der Waals surface area contributed by atoms with E-state index in [1.54, 1.807) is 13.0 Å². The van der Waals surface area contributed by atoms with Gasteiger partial charge >= 0.3 is 0 Å². The number of hydrogen-bond donors (Lipinski definition) is 3. The molecule has 1 atom stereocenters. The molecule has 1 rings (SSSR count). The summed E-state index contributed by atoms with van der Waals surface area (Å²) in [7, 11) is 0. The van der Waals surface area contributed by atoms with E-state index in [0.717, 1.165) is 5.69 Å². The lowest BCUT2D eigenvalue weighted by Crippen LogP contribution is -2.47. The first kappa shape index (κ1) is 13.6. The second-order valence-corrected chi connectivity index (χ2v) is 3.95. The lowest BCUT2D eigenvalue weighted by Gasteiger charge is -2.14. The first-order chi connectivity index (χ1) is 8.02. The average molecular weight is 257 g/mol. The van der Waals surface area contributed by atoms with Crippen LogP contribution in [0.25, 0.3) is 0 Å². The lowest BCUT2D eigenvalue weighted by molar-refractivity contribution is -0.127. The maximum Gasteiger partial charge on any atom is 0.243 e. The number of carbonyl (C=O) groups is 2. The van der Waals surface area contributed by atoms with Crippen LogP contribution in [0.5, 0.6) is 0 Å². The number of aryl methyl sites for hydroxylation is 1. The Hall–Kier alpha value is -1.50. The first-order valence-corrected chi connectivity index (χ1v) is 5.74. The second-order valence-electron chi connectivity index (χ2n) is 3.59. The van der Waals surface area contributed by atoms with Crippen molar-refractivity contribution in [3.8, 4) is 0 Å². The number of thiol groups is 1. The number of nitrogens with one attached hydrogen (secondary N) is 2. The van der Waals surface area contributed by atoms with E-state index in [1.807, 2.05) is 0 Å². The average Bonchev–Trinajstić information content (AvgIpc) is 2.68. The van der Waals surface area contributed by atoms with E-state index < -0.39 is 6.04 Å². The molecule has 0 aromatic carbocycles. The number of rotatable bonds is 5. The summed E-state index contributed by atoms with van der Waals surface area (Å²) in [5, 5.41) is 8.83. The van der Waals surface area contributed by atoms with Gasteiger partial charge in [0.05, 0.1) is 12.2 Å². The molecule has 2 N–H and O–H groups in total. The fourth-order valence-electron chi connectivity index (χ4n) is 1.24. The minimum atomic E-state index is -0.639. The zero-order valence-electron chi connectivity index (χ0n) is 9.69. The van der Waals surface area contributed by atoms with Crippen LogP contribution in [0.15, 0.2) is 10.6 Å². The van der Waals surface area contributed by atoms with Crippen molar-refractivity contribution in [2.45, 2.75) is 26.4 Å². The summed E-state index contributed by atoms with van der Waals surface area (Å²) in [5.74, 6) is 0.233. The SMILES string of the molecule is CC(=O)NC(CS)C(=O)NCc1cc(C)no1. The number of carbonyl (C=O) groups excluding carboxylic acids is 2. The predicted octanol–water partition coefficient (Wildman–Crippen LogP) is 0.0337. The number of aromatic nitrogens is 1. The highest BCUT2D eigenvalue weighted by molar-refractivity contribution is 7.80. The zero-order chi connectivity index (χ0) is 12.8. The molecule has 7 heteroatoms. The normalized spacial score (nSPS) is 11.9. The maximum absolute atomic E-state index is 11.7. The molecule has 6 nitrogen and oxygen atoms in total. The number of nitrogens with zero attached hydrogens (tertiary/aromatic N) is 1. The molecule has 0 fully saturated rings. The Labute approximate surface area is 105 Å². The van der Waals surface area contributed by atoms with E-state index in [4.69, 9.17) is 4.52 Å². The van der Waals surface area contributed by atoms with Gasteiger partial charge in [-0.2, -0.15) is 12.6 Å². The third-order valence-electron chi connectivity index (χ3n) is 1.99. The molecule has 1 heterocycles. The predicted molar refractivity (Wildman–Crippen MR) is 64.5 cm³/mol. The van der Waals surface area contributed by atoms with Gasteiger partial charge < -0.3 is 15.2 Å². The third-order valence-corrected chi connectivity index (χ3v) is 2.36. The molecule has 2 amide bonds. The van der Waals surface area contributed by atoms with E-state index in [-0.39, 0.29) is 24.1 Å².